The maximum absolute atomic E-state index is 12.3. The number of amides is 1. The summed E-state index contributed by atoms with van der Waals surface area (Å²) in [7, 11) is 0. The van der Waals surface area contributed by atoms with E-state index in [1.54, 1.807) is 24.4 Å². The molecular weight excluding hydrogens is 288 g/mol. The van der Waals surface area contributed by atoms with E-state index in [1.807, 2.05) is 49.4 Å². The molecular formula is C19H16N2O2. The molecule has 1 N–H and O–H groups in total. The van der Waals surface area contributed by atoms with Gasteiger partial charge in [-0.25, -0.2) is 0 Å². The third-order valence-electron chi connectivity index (χ3n) is 3.31. The van der Waals surface area contributed by atoms with Gasteiger partial charge < -0.3 is 10.1 Å². The Morgan fingerprint density at radius 3 is 2.52 bits per heavy atom. The van der Waals surface area contributed by atoms with Crippen molar-refractivity contribution in [3.8, 4) is 11.5 Å². The monoisotopic (exact) mass is 304 g/mol. The van der Waals surface area contributed by atoms with Crippen LogP contribution in [0.25, 0.3) is 0 Å². The molecule has 3 rings (SSSR count). The second-order valence-electron chi connectivity index (χ2n) is 5.11. The first-order valence-corrected chi connectivity index (χ1v) is 7.27. The van der Waals surface area contributed by atoms with Crippen LogP contribution in [0.2, 0.25) is 0 Å². The van der Waals surface area contributed by atoms with E-state index < -0.39 is 0 Å². The smallest absolute Gasteiger partial charge is 0.257 e. The molecule has 2 aromatic carbocycles. The Labute approximate surface area is 134 Å². The molecule has 0 atom stereocenters. The fourth-order valence-electron chi connectivity index (χ4n) is 2.08. The molecule has 0 aliphatic rings. The molecule has 0 aliphatic heterocycles. The van der Waals surface area contributed by atoms with Crippen molar-refractivity contribution in [3.05, 3.63) is 84.2 Å². The molecule has 0 radical (unpaired) electrons. The fourth-order valence-corrected chi connectivity index (χ4v) is 2.08. The van der Waals surface area contributed by atoms with Crippen molar-refractivity contribution in [1.29, 1.82) is 0 Å². The van der Waals surface area contributed by atoms with Crippen LogP contribution in [0.5, 0.6) is 11.5 Å². The third kappa shape index (κ3) is 3.74. The van der Waals surface area contributed by atoms with Gasteiger partial charge in [-0.05, 0) is 43.3 Å². The minimum absolute atomic E-state index is 0.224. The molecule has 1 amide bonds. The lowest BCUT2D eigenvalue weighted by atomic mass is 10.2. The van der Waals surface area contributed by atoms with Gasteiger partial charge >= 0.3 is 0 Å². The number of carbonyl (C=O) groups excluding carboxylic acids is 1. The minimum Gasteiger partial charge on any atom is -0.455 e. The molecule has 1 heterocycles. The van der Waals surface area contributed by atoms with Crippen LogP contribution in [0.4, 0.5) is 5.69 Å². The van der Waals surface area contributed by atoms with Gasteiger partial charge in [-0.2, -0.15) is 0 Å². The van der Waals surface area contributed by atoms with E-state index >= 15 is 0 Å². The van der Waals surface area contributed by atoms with Crippen molar-refractivity contribution in [2.45, 2.75) is 6.92 Å². The van der Waals surface area contributed by atoms with E-state index in [2.05, 4.69) is 10.3 Å². The number of aryl methyl sites for hydroxylation is 1. The molecule has 0 saturated carbocycles. The molecule has 3 aromatic rings. The molecule has 4 nitrogen and oxygen atoms in total. The molecule has 0 bridgehead atoms. The van der Waals surface area contributed by atoms with Gasteiger partial charge in [0.2, 0.25) is 0 Å². The number of nitrogens with zero attached hydrogens (tertiary/aromatic N) is 1. The van der Waals surface area contributed by atoms with E-state index in [1.165, 1.54) is 6.20 Å². The number of benzene rings is 2. The van der Waals surface area contributed by atoms with E-state index in [0.29, 0.717) is 17.0 Å². The summed E-state index contributed by atoms with van der Waals surface area (Å²) in [6.07, 6.45) is 3.16. The molecule has 23 heavy (non-hydrogen) atoms. The number of pyridine rings is 1. The quantitative estimate of drug-likeness (QED) is 0.775. The van der Waals surface area contributed by atoms with Crippen molar-refractivity contribution < 1.29 is 9.53 Å². The number of carbonyl (C=O) groups is 1. The van der Waals surface area contributed by atoms with Crippen molar-refractivity contribution in [2.75, 3.05) is 5.32 Å². The maximum Gasteiger partial charge on any atom is 0.257 e. The van der Waals surface area contributed by atoms with Crippen molar-refractivity contribution in [1.82, 2.24) is 4.98 Å². The SMILES string of the molecule is Cc1ccc(Oc2ccccc2NC(=O)c2cccnc2)cc1. The predicted octanol–water partition coefficient (Wildman–Crippen LogP) is 4.43. The van der Waals surface area contributed by atoms with Gasteiger partial charge in [0.1, 0.15) is 5.75 Å². The summed E-state index contributed by atoms with van der Waals surface area (Å²) in [6, 6.07) is 18.5. The molecule has 114 valence electrons. The van der Waals surface area contributed by atoms with E-state index in [9.17, 15) is 4.79 Å². The van der Waals surface area contributed by atoms with Gasteiger partial charge in [0.05, 0.1) is 11.3 Å². The number of rotatable bonds is 4. The Morgan fingerprint density at radius 1 is 1.00 bits per heavy atom. The van der Waals surface area contributed by atoms with Crippen LogP contribution in [0.3, 0.4) is 0 Å². The zero-order chi connectivity index (χ0) is 16.1. The van der Waals surface area contributed by atoms with Crippen molar-refractivity contribution in [3.63, 3.8) is 0 Å². The highest BCUT2D eigenvalue weighted by Gasteiger charge is 2.10. The van der Waals surface area contributed by atoms with Gasteiger partial charge in [0, 0.05) is 12.4 Å². The lowest BCUT2D eigenvalue weighted by Gasteiger charge is -2.12. The average Bonchev–Trinajstić information content (AvgIpc) is 2.59. The number of anilines is 1. The Hall–Kier alpha value is -3.14. The molecule has 0 saturated heterocycles. The van der Waals surface area contributed by atoms with Gasteiger partial charge in [-0.1, -0.05) is 29.8 Å². The zero-order valence-corrected chi connectivity index (χ0v) is 12.7. The third-order valence-corrected chi connectivity index (χ3v) is 3.31. The first kappa shape index (κ1) is 14.8. The number of hydrogen-bond donors (Lipinski definition) is 1. The number of nitrogens with one attached hydrogen (secondary N) is 1. The maximum atomic E-state index is 12.3. The Kier molecular flexibility index (Phi) is 4.34. The summed E-state index contributed by atoms with van der Waals surface area (Å²) in [5, 5.41) is 2.85. The van der Waals surface area contributed by atoms with E-state index in [4.69, 9.17) is 4.74 Å². The Bertz CT molecular complexity index is 799. The summed E-state index contributed by atoms with van der Waals surface area (Å²) in [5.74, 6) is 1.09. The molecule has 0 aliphatic carbocycles. The molecule has 0 unspecified atom stereocenters. The molecule has 1 aromatic heterocycles. The van der Waals surface area contributed by atoms with Gasteiger partial charge in [0.15, 0.2) is 5.75 Å². The second-order valence-corrected chi connectivity index (χ2v) is 5.11. The molecule has 4 heteroatoms. The van der Waals surface area contributed by atoms with Crippen LogP contribution >= 0.6 is 0 Å². The summed E-state index contributed by atoms with van der Waals surface area (Å²) >= 11 is 0. The summed E-state index contributed by atoms with van der Waals surface area (Å²) < 4.78 is 5.87. The first-order chi connectivity index (χ1) is 11.2. The highest BCUT2D eigenvalue weighted by molar-refractivity contribution is 6.04. The minimum atomic E-state index is -0.224. The largest absolute Gasteiger partial charge is 0.455 e. The van der Waals surface area contributed by atoms with Crippen LogP contribution in [0, 0.1) is 6.92 Å². The van der Waals surface area contributed by atoms with Crippen LogP contribution < -0.4 is 10.1 Å². The van der Waals surface area contributed by atoms with Crippen LogP contribution in [0.1, 0.15) is 15.9 Å². The summed E-state index contributed by atoms with van der Waals surface area (Å²) in [4.78, 5) is 16.2. The first-order valence-electron chi connectivity index (χ1n) is 7.27. The molecule has 0 fully saturated rings. The average molecular weight is 304 g/mol. The van der Waals surface area contributed by atoms with Crippen LogP contribution in [-0.2, 0) is 0 Å². The van der Waals surface area contributed by atoms with E-state index in [-0.39, 0.29) is 5.91 Å². The van der Waals surface area contributed by atoms with Gasteiger partial charge in [0.25, 0.3) is 5.91 Å². The van der Waals surface area contributed by atoms with Crippen molar-refractivity contribution in [2.24, 2.45) is 0 Å². The summed E-state index contributed by atoms with van der Waals surface area (Å²) in [6.45, 7) is 2.02. The number of hydrogen-bond acceptors (Lipinski definition) is 3. The fraction of sp³-hybridized carbons (Fsp3) is 0.0526. The van der Waals surface area contributed by atoms with E-state index in [0.717, 1.165) is 11.3 Å². The van der Waals surface area contributed by atoms with Crippen LogP contribution in [0.15, 0.2) is 73.1 Å². The number of para-hydroxylation sites is 2. The zero-order valence-electron chi connectivity index (χ0n) is 12.7. The van der Waals surface area contributed by atoms with Gasteiger partial charge in [-0.3, -0.25) is 9.78 Å². The standard InChI is InChI=1S/C19H16N2O2/c1-14-8-10-16(11-9-14)23-18-7-3-2-6-17(18)21-19(22)15-5-4-12-20-13-15/h2-13H,1H3,(H,21,22). The lowest BCUT2D eigenvalue weighted by Crippen LogP contribution is -2.12. The number of aromatic nitrogens is 1. The number of ether oxygens (including phenoxy) is 1. The summed E-state index contributed by atoms with van der Waals surface area (Å²) in [5.41, 5.74) is 2.27. The van der Waals surface area contributed by atoms with Crippen molar-refractivity contribution >= 4 is 11.6 Å². The Balaban J connectivity index is 1.80. The normalized spacial score (nSPS) is 10.1. The topological polar surface area (TPSA) is 51.2 Å². The lowest BCUT2D eigenvalue weighted by molar-refractivity contribution is 0.102. The highest BCUT2D eigenvalue weighted by Crippen LogP contribution is 2.29. The second kappa shape index (κ2) is 6.75. The van der Waals surface area contributed by atoms with Gasteiger partial charge in [-0.15, -0.1) is 0 Å². The highest BCUT2D eigenvalue weighted by atomic mass is 16.5. The predicted molar refractivity (Wildman–Crippen MR) is 89.9 cm³/mol. The Morgan fingerprint density at radius 2 is 1.78 bits per heavy atom. The molecule has 0 spiro atoms. The van der Waals surface area contributed by atoms with Crippen LogP contribution in [-0.4, -0.2) is 10.9 Å².